The molecule has 15 heavy (non-hydrogen) atoms. The van der Waals surface area contributed by atoms with Crippen LogP contribution in [0.15, 0.2) is 18.3 Å². The second kappa shape index (κ2) is 4.50. The van der Waals surface area contributed by atoms with E-state index in [1.807, 2.05) is 0 Å². The van der Waals surface area contributed by atoms with E-state index in [0.717, 1.165) is 6.20 Å². The predicted molar refractivity (Wildman–Crippen MR) is 47.6 cm³/mol. The van der Waals surface area contributed by atoms with Gasteiger partial charge in [0.1, 0.15) is 17.9 Å². The summed E-state index contributed by atoms with van der Waals surface area (Å²) in [6.45, 7) is 0. The number of aliphatic hydroxyl groups excluding tert-OH is 2. The summed E-state index contributed by atoms with van der Waals surface area (Å²) < 4.78 is 0. The summed E-state index contributed by atoms with van der Waals surface area (Å²) in [5.41, 5.74) is 0.291. The van der Waals surface area contributed by atoms with Gasteiger partial charge in [0.05, 0.1) is 0 Å². The summed E-state index contributed by atoms with van der Waals surface area (Å²) in [6, 6.07) is 4.44. The summed E-state index contributed by atoms with van der Waals surface area (Å²) in [6.07, 6.45) is -2.31. The highest BCUT2D eigenvalue weighted by Gasteiger charge is 2.25. The average Bonchev–Trinajstić information content (AvgIpc) is 2.27. The van der Waals surface area contributed by atoms with Gasteiger partial charge in [-0.1, -0.05) is 6.07 Å². The van der Waals surface area contributed by atoms with Crippen molar-refractivity contribution in [2.75, 3.05) is 0 Å². The van der Waals surface area contributed by atoms with Gasteiger partial charge in [-0.25, -0.2) is 9.78 Å². The van der Waals surface area contributed by atoms with Crippen molar-refractivity contribution in [2.24, 2.45) is 0 Å². The largest absolute Gasteiger partial charge is 0.479 e. The number of aliphatic hydroxyl groups is 2. The molecule has 2 atom stereocenters. The first kappa shape index (κ1) is 11.1. The fraction of sp³-hybridized carbons (Fsp3) is 0.222. The Kier molecular flexibility index (Phi) is 3.33. The van der Waals surface area contributed by atoms with E-state index < -0.39 is 18.2 Å². The molecule has 0 spiro atoms. The Bertz CT molecular complexity index is 396. The van der Waals surface area contributed by atoms with Crippen molar-refractivity contribution in [1.29, 1.82) is 5.26 Å². The molecule has 2 unspecified atom stereocenters. The maximum Gasteiger partial charge on any atom is 0.335 e. The van der Waals surface area contributed by atoms with Crippen LogP contribution in [0, 0.1) is 11.3 Å². The molecule has 6 heteroatoms. The molecule has 0 radical (unpaired) electrons. The molecule has 0 amide bonds. The first-order valence-corrected chi connectivity index (χ1v) is 4.01. The molecular weight excluding hydrogens is 200 g/mol. The number of aliphatic carboxylic acids is 1. The molecule has 0 bridgehead atoms. The van der Waals surface area contributed by atoms with E-state index in [4.69, 9.17) is 15.5 Å². The minimum atomic E-state index is -1.90. The van der Waals surface area contributed by atoms with E-state index in [1.54, 1.807) is 6.07 Å². The zero-order valence-corrected chi connectivity index (χ0v) is 7.53. The summed E-state index contributed by atoms with van der Waals surface area (Å²) in [7, 11) is 0. The number of nitrogens with zero attached hydrogens (tertiary/aromatic N) is 2. The summed E-state index contributed by atoms with van der Waals surface area (Å²) in [5.74, 6) is -1.52. The van der Waals surface area contributed by atoms with Gasteiger partial charge >= 0.3 is 5.97 Å². The lowest BCUT2D eigenvalue weighted by molar-refractivity contribution is -0.153. The molecule has 0 aromatic carbocycles. The number of carboxylic acid groups (broad SMARTS) is 1. The van der Waals surface area contributed by atoms with Gasteiger partial charge in [-0.2, -0.15) is 5.26 Å². The van der Waals surface area contributed by atoms with Crippen LogP contribution in [-0.2, 0) is 4.79 Å². The number of rotatable bonds is 3. The van der Waals surface area contributed by atoms with Crippen LogP contribution < -0.4 is 0 Å². The Morgan fingerprint density at radius 2 is 2.13 bits per heavy atom. The van der Waals surface area contributed by atoms with Crippen molar-refractivity contribution in [2.45, 2.75) is 12.2 Å². The van der Waals surface area contributed by atoms with E-state index >= 15 is 0 Å². The zero-order valence-electron chi connectivity index (χ0n) is 7.53. The normalized spacial score (nSPS) is 13.9. The van der Waals surface area contributed by atoms with Gasteiger partial charge in [-0.15, -0.1) is 0 Å². The lowest BCUT2D eigenvalue weighted by Crippen LogP contribution is -2.27. The fourth-order valence-corrected chi connectivity index (χ4v) is 0.964. The molecule has 0 fully saturated rings. The van der Waals surface area contributed by atoms with Gasteiger partial charge in [0, 0.05) is 11.8 Å². The minimum Gasteiger partial charge on any atom is -0.479 e. The number of carbonyl (C=O) groups is 1. The van der Waals surface area contributed by atoms with E-state index in [9.17, 15) is 9.90 Å². The number of pyridine rings is 1. The summed E-state index contributed by atoms with van der Waals surface area (Å²) in [4.78, 5) is 14.0. The average molecular weight is 208 g/mol. The Labute approximate surface area is 85.0 Å². The van der Waals surface area contributed by atoms with Crippen molar-refractivity contribution in [3.8, 4) is 6.07 Å². The van der Waals surface area contributed by atoms with Gasteiger partial charge in [0.2, 0.25) is 0 Å². The molecular formula is C9H8N2O4. The first-order chi connectivity index (χ1) is 7.06. The smallest absolute Gasteiger partial charge is 0.335 e. The second-order valence-corrected chi connectivity index (χ2v) is 2.82. The quantitative estimate of drug-likeness (QED) is 0.612. The molecule has 3 N–H and O–H groups in total. The van der Waals surface area contributed by atoms with Gasteiger partial charge in [0.25, 0.3) is 0 Å². The zero-order chi connectivity index (χ0) is 11.4. The van der Waals surface area contributed by atoms with Crippen LogP contribution in [-0.4, -0.2) is 32.4 Å². The van der Waals surface area contributed by atoms with Crippen LogP contribution >= 0.6 is 0 Å². The summed E-state index contributed by atoms with van der Waals surface area (Å²) in [5, 5.41) is 35.3. The van der Waals surface area contributed by atoms with Crippen molar-refractivity contribution in [3.05, 3.63) is 29.6 Å². The number of nitriles is 1. The Hall–Kier alpha value is -1.97. The lowest BCUT2D eigenvalue weighted by Gasteiger charge is -2.13. The van der Waals surface area contributed by atoms with E-state index in [-0.39, 0.29) is 11.3 Å². The molecule has 78 valence electrons. The molecule has 6 nitrogen and oxygen atoms in total. The number of hydrogen-bond donors (Lipinski definition) is 3. The molecule has 1 heterocycles. The third-order valence-corrected chi connectivity index (χ3v) is 1.79. The first-order valence-electron chi connectivity index (χ1n) is 4.01. The van der Waals surface area contributed by atoms with Crippen LogP contribution in [0.3, 0.4) is 0 Å². The molecule has 0 aliphatic heterocycles. The van der Waals surface area contributed by atoms with Crippen LogP contribution in [0.4, 0.5) is 0 Å². The van der Waals surface area contributed by atoms with Crippen molar-refractivity contribution in [3.63, 3.8) is 0 Å². The number of aromatic nitrogens is 1. The Morgan fingerprint density at radius 1 is 1.47 bits per heavy atom. The number of carboxylic acids is 1. The third-order valence-electron chi connectivity index (χ3n) is 1.79. The van der Waals surface area contributed by atoms with Crippen LogP contribution in [0.2, 0.25) is 0 Å². The molecule has 0 saturated heterocycles. The highest BCUT2D eigenvalue weighted by Crippen LogP contribution is 2.16. The van der Waals surface area contributed by atoms with Crippen molar-refractivity contribution in [1.82, 2.24) is 4.98 Å². The summed E-state index contributed by atoms with van der Waals surface area (Å²) >= 11 is 0. The lowest BCUT2D eigenvalue weighted by atomic mass is 10.1. The number of hydrogen-bond acceptors (Lipinski definition) is 5. The monoisotopic (exact) mass is 208 g/mol. The van der Waals surface area contributed by atoms with E-state index in [0.29, 0.717) is 0 Å². The molecule has 0 saturated carbocycles. The molecule has 1 aromatic heterocycles. The van der Waals surface area contributed by atoms with Crippen molar-refractivity contribution < 1.29 is 20.1 Å². The van der Waals surface area contributed by atoms with Crippen LogP contribution in [0.5, 0.6) is 0 Å². The maximum atomic E-state index is 10.4. The van der Waals surface area contributed by atoms with Crippen LogP contribution in [0.25, 0.3) is 0 Å². The molecule has 1 rings (SSSR count). The highest BCUT2D eigenvalue weighted by molar-refractivity contribution is 5.73. The molecule has 0 aliphatic rings. The van der Waals surface area contributed by atoms with E-state index in [1.165, 1.54) is 12.1 Å². The van der Waals surface area contributed by atoms with Gasteiger partial charge < -0.3 is 15.3 Å². The highest BCUT2D eigenvalue weighted by atomic mass is 16.4. The standard InChI is InChI=1S/C9H8N2O4/c10-3-6-2-1-5(4-11-6)7(12)8(13)9(14)15/h1-2,4,7-8,12-13H,(H,14,15). The molecule has 1 aromatic rings. The maximum absolute atomic E-state index is 10.4. The van der Waals surface area contributed by atoms with Gasteiger partial charge in [-0.05, 0) is 6.07 Å². The molecule has 0 aliphatic carbocycles. The fourth-order valence-electron chi connectivity index (χ4n) is 0.964. The van der Waals surface area contributed by atoms with E-state index in [2.05, 4.69) is 4.98 Å². The minimum absolute atomic E-state index is 0.143. The van der Waals surface area contributed by atoms with Gasteiger partial charge in [0.15, 0.2) is 6.10 Å². The third kappa shape index (κ3) is 2.49. The van der Waals surface area contributed by atoms with Crippen LogP contribution in [0.1, 0.15) is 17.4 Å². The van der Waals surface area contributed by atoms with Crippen molar-refractivity contribution >= 4 is 5.97 Å². The Morgan fingerprint density at radius 3 is 2.53 bits per heavy atom. The predicted octanol–water partition coefficient (Wildman–Crippen LogP) is -0.568. The van der Waals surface area contributed by atoms with Gasteiger partial charge in [-0.3, -0.25) is 0 Å². The second-order valence-electron chi connectivity index (χ2n) is 2.82. The topological polar surface area (TPSA) is 114 Å². The Balaban J connectivity index is 2.88. The SMILES string of the molecule is N#Cc1ccc(C(O)C(O)C(=O)O)cn1.